The number of nitrogens with zero attached hydrogens (tertiary/aromatic N) is 6. The lowest BCUT2D eigenvalue weighted by atomic mass is 9.73. The zero-order chi connectivity index (χ0) is 74.3. The van der Waals surface area contributed by atoms with Gasteiger partial charge in [-0.1, -0.05) is 68.2 Å². The van der Waals surface area contributed by atoms with Gasteiger partial charge in [0, 0.05) is 80.6 Å². The number of hydroxylamine groups is 4. The van der Waals surface area contributed by atoms with Crippen LogP contribution in [-0.2, 0) is 28.6 Å². The van der Waals surface area contributed by atoms with E-state index in [-0.39, 0.29) is 78.4 Å². The molecule has 0 aromatic carbocycles. The molecule has 4 unspecified atom stereocenters. The number of ether oxygens (including phenoxy) is 4. The summed E-state index contributed by atoms with van der Waals surface area (Å²) in [6, 6.07) is 0.934. The van der Waals surface area contributed by atoms with Crippen LogP contribution >= 0.6 is 0 Å². The van der Waals surface area contributed by atoms with Gasteiger partial charge < -0.3 is 39.4 Å². The highest BCUT2D eigenvalue weighted by Crippen LogP contribution is 2.47. The van der Waals surface area contributed by atoms with Gasteiger partial charge in [0.2, 0.25) is 0 Å². The summed E-state index contributed by atoms with van der Waals surface area (Å²) in [4.78, 5) is 23.6. The fourth-order valence-electron chi connectivity index (χ4n) is 18.5. The van der Waals surface area contributed by atoms with Crippen molar-refractivity contribution in [1.29, 1.82) is 0 Å². The lowest BCUT2D eigenvalue weighted by Gasteiger charge is -2.62. The third kappa shape index (κ3) is 28.4. The number of rotatable bonds is 32. The molecule has 4 fully saturated rings. The van der Waals surface area contributed by atoms with E-state index in [9.17, 15) is 20.4 Å². The Balaban J connectivity index is 0.000000500. The second-order valence-electron chi connectivity index (χ2n) is 41.5. The van der Waals surface area contributed by atoms with E-state index in [1.54, 1.807) is 0 Å². The molecule has 0 saturated carbocycles. The van der Waals surface area contributed by atoms with Crippen molar-refractivity contribution in [2.24, 2.45) is 10.8 Å². The van der Waals surface area contributed by atoms with Crippen LogP contribution in [0.1, 0.15) is 325 Å². The molecule has 0 aromatic rings. The maximum Gasteiger partial charge on any atom is 0.0970 e. The number of aliphatic hydroxyl groups excluding tert-OH is 4. The van der Waals surface area contributed by atoms with Crippen molar-refractivity contribution in [3.8, 4) is 0 Å². The Morgan fingerprint density at radius 3 is 1.09 bits per heavy atom. The Hall–Kier alpha value is -0.640. The van der Waals surface area contributed by atoms with E-state index >= 15 is 0 Å². The topological polar surface area (TPSA) is 156 Å². The number of hydrogen-bond donors (Lipinski definition) is 4. The van der Waals surface area contributed by atoms with Gasteiger partial charge in [0.05, 0.1) is 87.5 Å². The van der Waals surface area contributed by atoms with Crippen LogP contribution in [-0.4, -0.2) is 231 Å². The first-order valence-electron chi connectivity index (χ1n) is 38.2. The summed E-state index contributed by atoms with van der Waals surface area (Å²) >= 11 is 0. The van der Waals surface area contributed by atoms with Crippen molar-refractivity contribution >= 4 is 0 Å². The van der Waals surface area contributed by atoms with Crippen LogP contribution < -0.4 is 0 Å². The normalized spacial score (nSPS) is 24.2. The van der Waals surface area contributed by atoms with Crippen LogP contribution in [0.4, 0.5) is 0 Å². The summed E-state index contributed by atoms with van der Waals surface area (Å²) in [5.41, 5.74) is -1.85. The Kier molecular flexibility index (Phi) is 31.8. The number of unbranched alkanes of at least 4 members (excludes halogenated alkanes) is 2. The van der Waals surface area contributed by atoms with E-state index in [0.717, 1.165) is 77.3 Å². The second-order valence-corrected chi connectivity index (χ2v) is 41.5. The van der Waals surface area contributed by atoms with Crippen molar-refractivity contribution < 1.29 is 49.0 Å². The minimum atomic E-state index is -0.564. The first-order chi connectivity index (χ1) is 43.0. The number of likely N-dealkylation sites (tertiary alicyclic amines) is 2. The van der Waals surface area contributed by atoms with Gasteiger partial charge in [-0.05, 0) is 281 Å². The van der Waals surface area contributed by atoms with Gasteiger partial charge in [0.25, 0.3) is 0 Å². The van der Waals surface area contributed by atoms with Gasteiger partial charge in [-0.25, -0.2) is 0 Å². The summed E-state index contributed by atoms with van der Waals surface area (Å²) < 4.78 is 25.3. The third-order valence-electron chi connectivity index (χ3n) is 20.8. The van der Waals surface area contributed by atoms with Crippen LogP contribution in [0.15, 0.2) is 0 Å². The smallest absolute Gasteiger partial charge is 0.0970 e. The number of aliphatic hydroxyl groups is 4. The van der Waals surface area contributed by atoms with Crippen molar-refractivity contribution in [1.82, 2.24) is 29.7 Å². The fraction of sp³-hybridized carbons (Fsp3) is 1.00. The SMILES string of the molecule is CCCCN(C1CC(C)(C)N(CC(O)COC2CC(C)(C)N(OCC(C)(C)OCC(O)CC(C)(C)C)C(C)(C)C2)C(C)(C)C1)C(C)(C)C.CCCCN(CC(O)COC1CC(C)(C)N(OCC(C)(C)OCC(O)CC(C)(C)C)C(C)(C)C1)C1CC(C)(C)N(C(C)(C)C)C(C)(C)C1. The first kappa shape index (κ1) is 89.6. The van der Waals surface area contributed by atoms with E-state index < -0.39 is 35.6 Å². The number of hydrogen-bond acceptors (Lipinski definition) is 16. The summed E-state index contributed by atoms with van der Waals surface area (Å²) in [5.74, 6) is 0. The molecule has 16 heteroatoms. The van der Waals surface area contributed by atoms with Gasteiger partial charge in [0.1, 0.15) is 0 Å². The Morgan fingerprint density at radius 2 is 0.760 bits per heavy atom. The number of piperidine rings is 4. The molecular formula is C80H162N6O10. The molecule has 0 aromatic heterocycles. The third-order valence-corrected chi connectivity index (χ3v) is 20.8. The zero-order valence-electron chi connectivity index (χ0n) is 69.5. The van der Waals surface area contributed by atoms with Crippen molar-refractivity contribution in [2.45, 2.75) is 441 Å². The summed E-state index contributed by atoms with van der Waals surface area (Å²) in [6.07, 6.45) is 11.6. The molecule has 96 heavy (non-hydrogen) atoms. The molecule has 4 aliphatic heterocycles. The molecule has 4 aliphatic rings. The average Bonchev–Trinajstić information content (AvgIpc) is 0.764. The van der Waals surface area contributed by atoms with Crippen molar-refractivity contribution in [2.75, 3.05) is 65.8 Å². The Labute approximate surface area is 593 Å². The molecule has 4 rings (SSSR count). The van der Waals surface area contributed by atoms with Gasteiger partial charge >= 0.3 is 0 Å². The van der Waals surface area contributed by atoms with Crippen LogP contribution in [0.3, 0.4) is 0 Å². The van der Waals surface area contributed by atoms with E-state index in [1.165, 1.54) is 12.8 Å². The summed E-state index contributed by atoms with van der Waals surface area (Å²) in [6.45, 7) is 81.6. The highest BCUT2D eigenvalue weighted by atomic mass is 16.7. The monoisotopic (exact) mass is 1370 g/mol. The maximum absolute atomic E-state index is 11.4. The molecular weight excluding hydrogens is 1200 g/mol. The largest absolute Gasteiger partial charge is 0.391 e. The van der Waals surface area contributed by atoms with Crippen LogP contribution in [0, 0.1) is 10.8 Å². The van der Waals surface area contributed by atoms with Gasteiger partial charge in [0.15, 0.2) is 0 Å². The zero-order valence-corrected chi connectivity index (χ0v) is 69.5. The molecule has 572 valence electrons. The van der Waals surface area contributed by atoms with Crippen LogP contribution in [0.2, 0.25) is 0 Å². The molecule has 4 atom stereocenters. The van der Waals surface area contributed by atoms with E-state index in [0.29, 0.717) is 77.7 Å². The quantitative estimate of drug-likeness (QED) is 0.0504. The molecule has 0 amide bonds. The highest BCUT2D eigenvalue weighted by molar-refractivity contribution is 5.08. The molecule has 0 bridgehead atoms. The van der Waals surface area contributed by atoms with E-state index in [1.807, 2.05) is 27.7 Å². The lowest BCUT2D eigenvalue weighted by molar-refractivity contribution is -0.312. The van der Waals surface area contributed by atoms with Gasteiger partial charge in [-0.15, -0.1) is 0 Å². The van der Waals surface area contributed by atoms with Crippen LogP contribution in [0.5, 0.6) is 0 Å². The number of β-amino-alcohol motifs (C(OH)–C–C–N with tert-alkyl or cyclic N) is 1. The first-order valence-corrected chi connectivity index (χ1v) is 38.2. The van der Waals surface area contributed by atoms with Crippen LogP contribution in [0.25, 0.3) is 0 Å². The Bertz CT molecular complexity index is 2200. The molecule has 16 nitrogen and oxygen atoms in total. The van der Waals surface area contributed by atoms with Crippen molar-refractivity contribution in [3.05, 3.63) is 0 Å². The summed E-state index contributed by atoms with van der Waals surface area (Å²) in [7, 11) is 0. The molecule has 0 spiro atoms. The maximum atomic E-state index is 11.4. The standard InChI is InChI=1S/2C40H81N3O5/c1-18-19-20-41(35(5,6)7)30-21-36(8,9)42(37(10,11)22-30)26-32(45)27-46-33-24-38(12,13)43(39(14,15)25-33)48-29-40(16,17)47-28-31(44)23-34(2,3)4;1-18-19-20-41(30-21-36(8,9)42(35(5,6)7)37(10,11)22-30)26-32(45)27-46-33-24-38(12,13)43(39(14,15)25-33)48-29-40(16,17)47-28-31(44)23-34(2,3)4/h2*30-33,44-45H,18-29H2,1-17H3. The van der Waals surface area contributed by atoms with E-state index in [2.05, 4.69) is 237 Å². The molecule has 0 aliphatic carbocycles. The van der Waals surface area contributed by atoms with Crippen molar-refractivity contribution in [3.63, 3.8) is 0 Å². The van der Waals surface area contributed by atoms with Gasteiger partial charge in [-0.3, -0.25) is 29.3 Å². The predicted octanol–water partition coefficient (Wildman–Crippen LogP) is 15.7. The minimum Gasteiger partial charge on any atom is -0.391 e. The summed E-state index contributed by atoms with van der Waals surface area (Å²) in [5, 5.41) is 48.0. The molecule has 4 N–H and O–H groups in total. The highest BCUT2D eigenvalue weighted by Gasteiger charge is 2.54. The average molecular weight is 1370 g/mol. The molecule has 0 radical (unpaired) electrons. The molecule has 4 heterocycles. The fourth-order valence-corrected chi connectivity index (χ4v) is 18.5. The predicted molar refractivity (Wildman–Crippen MR) is 401 cm³/mol. The van der Waals surface area contributed by atoms with E-state index in [4.69, 9.17) is 28.6 Å². The lowest BCUT2D eigenvalue weighted by Crippen LogP contribution is -2.69. The van der Waals surface area contributed by atoms with Gasteiger partial charge in [-0.2, -0.15) is 10.1 Å². The Morgan fingerprint density at radius 1 is 0.417 bits per heavy atom. The minimum absolute atomic E-state index is 0.0203. The molecule has 4 saturated heterocycles. The second kappa shape index (κ2) is 34.1.